The van der Waals surface area contributed by atoms with E-state index in [1.165, 1.54) is 25.7 Å². The van der Waals surface area contributed by atoms with Crippen molar-refractivity contribution in [1.82, 2.24) is 0 Å². The fraction of sp³-hybridized carbons (Fsp3) is 0.875. The maximum Gasteiger partial charge on any atom is 0.303 e. The van der Waals surface area contributed by atoms with Gasteiger partial charge in [0, 0.05) is 27.5 Å². The molecule has 0 atom stereocenters. The summed E-state index contributed by atoms with van der Waals surface area (Å²) < 4.78 is 0. The van der Waals surface area contributed by atoms with E-state index in [1.54, 1.807) is 0 Å². The minimum absolute atomic E-state index is 0. The summed E-state index contributed by atoms with van der Waals surface area (Å²) in [5, 5.41) is 8.37. The van der Waals surface area contributed by atoms with Gasteiger partial charge in [-0.1, -0.05) is 25.7 Å². The second kappa shape index (κ2) is 5.76. The first kappa shape index (κ1) is 11.2. The van der Waals surface area contributed by atoms with Crippen LogP contribution in [-0.2, 0) is 25.9 Å². The van der Waals surface area contributed by atoms with Crippen LogP contribution >= 0.6 is 0 Å². The molecule has 0 aliphatic heterocycles. The van der Waals surface area contributed by atoms with E-state index in [-0.39, 0.29) is 21.1 Å². The topological polar surface area (TPSA) is 37.3 Å². The zero-order valence-electron chi connectivity index (χ0n) is 6.58. The number of hydrogen-bond acceptors (Lipinski definition) is 1. The molecule has 1 rings (SSSR count). The van der Waals surface area contributed by atoms with Crippen LogP contribution in [0.2, 0.25) is 0 Å². The van der Waals surface area contributed by atoms with Crippen LogP contribution in [0.5, 0.6) is 0 Å². The average Bonchev–Trinajstić information content (AvgIpc) is 2.34. The van der Waals surface area contributed by atoms with Crippen molar-refractivity contribution in [2.45, 2.75) is 38.5 Å². The molecule has 0 spiro atoms. The van der Waals surface area contributed by atoms with Gasteiger partial charge in [0.2, 0.25) is 0 Å². The Balaban J connectivity index is 0.000001000. The second-order valence-electron chi connectivity index (χ2n) is 3.08. The van der Waals surface area contributed by atoms with Crippen molar-refractivity contribution in [3.63, 3.8) is 0 Å². The molecule has 0 bridgehead atoms. The maximum atomic E-state index is 10.2. The molecule has 1 fully saturated rings. The summed E-state index contributed by atoms with van der Waals surface area (Å²) in [5.74, 6) is 0.0722. The third-order valence-electron chi connectivity index (χ3n) is 2.24. The molecular weight excluding hydrogens is 224 g/mol. The predicted molar refractivity (Wildman–Crippen MR) is 38.8 cm³/mol. The minimum atomic E-state index is -0.646. The Labute approximate surface area is 81.6 Å². The third-order valence-corrected chi connectivity index (χ3v) is 2.24. The predicted octanol–water partition coefficient (Wildman–Crippen LogP) is 2.04. The molecule has 0 saturated heterocycles. The number of carboxylic acids is 1. The van der Waals surface area contributed by atoms with Gasteiger partial charge in [-0.15, -0.1) is 0 Å². The number of carbonyl (C=O) groups is 1. The van der Waals surface area contributed by atoms with Crippen LogP contribution in [0, 0.1) is 5.92 Å². The zero-order valence-corrected chi connectivity index (χ0v) is 8.59. The van der Waals surface area contributed by atoms with E-state index >= 15 is 0 Å². The van der Waals surface area contributed by atoms with Crippen LogP contribution in [0.4, 0.5) is 0 Å². The van der Waals surface area contributed by atoms with E-state index in [9.17, 15) is 4.79 Å². The standard InChI is InChI=1S/C8H14O2.Mo/c9-8(10)6-5-7-3-1-2-4-7;/h7H,1-6H2,(H,9,10);. The van der Waals surface area contributed by atoms with Gasteiger partial charge in [0.05, 0.1) is 0 Å². The molecule has 0 aromatic rings. The van der Waals surface area contributed by atoms with Crippen molar-refractivity contribution in [2.75, 3.05) is 0 Å². The van der Waals surface area contributed by atoms with Crippen LogP contribution < -0.4 is 0 Å². The molecule has 0 amide bonds. The molecule has 0 unspecified atom stereocenters. The van der Waals surface area contributed by atoms with Gasteiger partial charge in [0.1, 0.15) is 0 Å². The summed E-state index contributed by atoms with van der Waals surface area (Å²) in [4.78, 5) is 10.2. The van der Waals surface area contributed by atoms with Crippen molar-refractivity contribution in [3.05, 3.63) is 0 Å². The Bertz CT molecular complexity index is 119. The first-order chi connectivity index (χ1) is 4.79. The van der Waals surface area contributed by atoms with Gasteiger partial charge in [-0.05, 0) is 12.3 Å². The molecule has 0 heterocycles. The molecule has 64 valence electrons. The Morgan fingerprint density at radius 3 is 2.36 bits per heavy atom. The van der Waals surface area contributed by atoms with Crippen molar-refractivity contribution in [1.29, 1.82) is 0 Å². The van der Waals surface area contributed by atoms with E-state index in [2.05, 4.69) is 0 Å². The Morgan fingerprint density at radius 1 is 1.36 bits per heavy atom. The molecular formula is C8H14MoO2. The van der Waals surface area contributed by atoms with E-state index in [0.29, 0.717) is 6.42 Å². The Hall–Kier alpha value is 0.158. The SMILES string of the molecule is O=C(O)CCC1CCCC1.[Mo]. The van der Waals surface area contributed by atoms with Crippen LogP contribution in [0.15, 0.2) is 0 Å². The quantitative estimate of drug-likeness (QED) is 0.764. The van der Waals surface area contributed by atoms with Gasteiger partial charge < -0.3 is 5.11 Å². The molecule has 2 nitrogen and oxygen atoms in total. The third kappa shape index (κ3) is 4.57. The average molecular weight is 238 g/mol. The first-order valence-electron chi connectivity index (χ1n) is 4.01. The van der Waals surface area contributed by atoms with E-state index in [1.807, 2.05) is 0 Å². The number of hydrogen-bond donors (Lipinski definition) is 1. The summed E-state index contributed by atoms with van der Waals surface area (Å²) in [6.45, 7) is 0. The van der Waals surface area contributed by atoms with Crippen molar-refractivity contribution in [2.24, 2.45) is 5.92 Å². The number of rotatable bonds is 3. The molecule has 0 aromatic carbocycles. The summed E-state index contributed by atoms with van der Waals surface area (Å²) in [6.07, 6.45) is 6.40. The molecule has 0 aromatic heterocycles. The van der Waals surface area contributed by atoms with Gasteiger partial charge in [-0.25, -0.2) is 0 Å². The Morgan fingerprint density at radius 2 is 1.91 bits per heavy atom. The Kier molecular flexibility index (Phi) is 5.85. The van der Waals surface area contributed by atoms with Crippen molar-refractivity contribution < 1.29 is 31.0 Å². The number of aliphatic carboxylic acids is 1. The van der Waals surface area contributed by atoms with Crippen LogP contribution in [0.25, 0.3) is 0 Å². The van der Waals surface area contributed by atoms with Gasteiger partial charge >= 0.3 is 5.97 Å². The minimum Gasteiger partial charge on any atom is -0.481 e. The zero-order chi connectivity index (χ0) is 7.40. The summed E-state index contributed by atoms with van der Waals surface area (Å²) >= 11 is 0. The smallest absolute Gasteiger partial charge is 0.303 e. The van der Waals surface area contributed by atoms with Gasteiger partial charge in [0.25, 0.3) is 0 Å². The van der Waals surface area contributed by atoms with Gasteiger partial charge in [0.15, 0.2) is 0 Å². The maximum absolute atomic E-state index is 10.2. The van der Waals surface area contributed by atoms with Gasteiger partial charge in [-0.2, -0.15) is 0 Å². The first-order valence-corrected chi connectivity index (χ1v) is 4.01. The van der Waals surface area contributed by atoms with E-state index < -0.39 is 5.97 Å². The van der Waals surface area contributed by atoms with E-state index in [4.69, 9.17) is 5.11 Å². The monoisotopic (exact) mass is 240 g/mol. The molecule has 3 heteroatoms. The normalized spacial score (nSPS) is 17.8. The van der Waals surface area contributed by atoms with Crippen molar-refractivity contribution in [3.8, 4) is 0 Å². The molecule has 11 heavy (non-hydrogen) atoms. The fourth-order valence-electron chi connectivity index (χ4n) is 1.63. The fourth-order valence-corrected chi connectivity index (χ4v) is 1.63. The molecule has 1 saturated carbocycles. The number of carboxylic acid groups (broad SMARTS) is 1. The van der Waals surface area contributed by atoms with Crippen LogP contribution in [-0.4, -0.2) is 11.1 Å². The molecule has 0 radical (unpaired) electrons. The van der Waals surface area contributed by atoms with Crippen molar-refractivity contribution >= 4 is 5.97 Å². The summed E-state index contributed by atoms with van der Waals surface area (Å²) in [5.41, 5.74) is 0. The largest absolute Gasteiger partial charge is 0.481 e. The molecule has 1 aliphatic carbocycles. The summed E-state index contributed by atoms with van der Waals surface area (Å²) in [6, 6.07) is 0. The summed E-state index contributed by atoms with van der Waals surface area (Å²) in [7, 11) is 0. The van der Waals surface area contributed by atoms with Crippen LogP contribution in [0.1, 0.15) is 38.5 Å². The second-order valence-corrected chi connectivity index (χ2v) is 3.08. The van der Waals surface area contributed by atoms with E-state index in [0.717, 1.165) is 12.3 Å². The molecule has 1 aliphatic rings. The van der Waals surface area contributed by atoms with Gasteiger partial charge in [-0.3, -0.25) is 4.79 Å². The molecule has 1 N–H and O–H groups in total. The van der Waals surface area contributed by atoms with Crippen LogP contribution in [0.3, 0.4) is 0 Å².